The molecule has 0 radical (unpaired) electrons. The first kappa shape index (κ1) is 14.4. The molecule has 1 saturated heterocycles. The first-order chi connectivity index (χ1) is 9.28. The van der Waals surface area contributed by atoms with E-state index in [9.17, 15) is 0 Å². The summed E-state index contributed by atoms with van der Waals surface area (Å²) in [5.41, 5.74) is 0.942. The van der Waals surface area contributed by atoms with E-state index >= 15 is 0 Å². The molecule has 6 heteroatoms. The molecule has 0 amide bonds. The second-order valence-electron chi connectivity index (χ2n) is 5.41. The Bertz CT molecular complexity index is 360. The highest BCUT2D eigenvalue weighted by molar-refractivity contribution is 4.91. The van der Waals surface area contributed by atoms with E-state index in [0.717, 1.165) is 24.7 Å². The maximum atomic E-state index is 8.80. The Labute approximate surface area is 114 Å². The summed E-state index contributed by atoms with van der Waals surface area (Å²) in [6.45, 7) is 4.90. The number of hydrogen-bond donors (Lipinski definition) is 2. The zero-order chi connectivity index (χ0) is 13.5. The van der Waals surface area contributed by atoms with E-state index in [0.29, 0.717) is 6.54 Å². The number of nitrogens with one attached hydrogen (secondary N) is 1. The minimum atomic E-state index is 0.104. The van der Waals surface area contributed by atoms with Gasteiger partial charge in [0.1, 0.15) is 0 Å². The molecular formula is C13H25N5O. The molecule has 1 aliphatic heterocycles. The van der Waals surface area contributed by atoms with Crippen molar-refractivity contribution in [2.24, 2.45) is 5.92 Å². The molecule has 2 rings (SSSR count). The van der Waals surface area contributed by atoms with Crippen LogP contribution in [0.15, 0.2) is 6.20 Å². The Morgan fingerprint density at radius 1 is 1.42 bits per heavy atom. The SMILES string of the molecule is CN1CCC(CCNCc2cn(CCO)nn2)CC1. The van der Waals surface area contributed by atoms with Crippen molar-refractivity contribution in [2.75, 3.05) is 33.3 Å². The van der Waals surface area contributed by atoms with Crippen LogP contribution in [0.1, 0.15) is 25.0 Å². The van der Waals surface area contributed by atoms with E-state index in [-0.39, 0.29) is 6.61 Å². The van der Waals surface area contributed by atoms with Gasteiger partial charge in [0.15, 0.2) is 0 Å². The van der Waals surface area contributed by atoms with Crippen molar-refractivity contribution >= 4 is 0 Å². The molecule has 0 saturated carbocycles. The molecule has 0 spiro atoms. The van der Waals surface area contributed by atoms with Crippen molar-refractivity contribution in [3.63, 3.8) is 0 Å². The van der Waals surface area contributed by atoms with E-state index in [1.807, 2.05) is 6.20 Å². The maximum absolute atomic E-state index is 8.80. The van der Waals surface area contributed by atoms with Gasteiger partial charge in [-0.15, -0.1) is 5.10 Å². The third-order valence-corrected chi connectivity index (χ3v) is 3.79. The van der Waals surface area contributed by atoms with Gasteiger partial charge in [-0.2, -0.15) is 0 Å². The number of likely N-dealkylation sites (tertiary alicyclic amines) is 1. The molecule has 0 unspecified atom stereocenters. The van der Waals surface area contributed by atoms with Gasteiger partial charge in [-0.25, -0.2) is 4.68 Å². The van der Waals surface area contributed by atoms with E-state index in [4.69, 9.17) is 5.11 Å². The molecule has 19 heavy (non-hydrogen) atoms. The van der Waals surface area contributed by atoms with Gasteiger partial charge in [0.2, 0.25) is 0 Å². The molecule has 6 nitrogen and oxygen atoms in total. The molecule has 1 aromatic heterocycles. The first-order valence-corrected chi connectivity index (χ1v) is 7.17. The normalized spacial score (nSPS) is 18.0. The minimum absolute atomic E-state index is 0.104. The molecule has 1 aromatic rings. The fourth-order valence-corrected chi connectivity index (χ4v) is 2.50. The lowest BCUT2D eigenvalue weighted by atomic mass is 9.94. The summed E-state index contributed by atoms with van der Waals surface area (Å²) in [6.07, 6.45) is 5.78. The zero-order valence-corrected chi connectivity index (χ0v) is 11.8. The van der Waals surface area contributed by atoms with E-state index < -0.39 is 0 Å². The predicted octanol–water partition coefficient (Wildman–Crippen LogP) is 0.0919. The topological polar surface area (TPSA) is 66.2 Å². The van der Waals surface area contributed by atoms with Crippen LogP contribution in [0, 0.1) is 5.92 Å². The summed E-state index contributed by atoms with van der Waals surface area (Å²) in [5.74, 6) is 0.869. The van der Waals surface area contributed by atoms with Gasteiger partial charge in [0, 0.05) is 12.7 Å². The lowest BCUT2D eigenvalue weighted by molar-refractivity contribution is 0.211. The molecule has 1 fully saturated rings. The standard InChI is InChI=1S/C13H25N5O/c1-17-6-3-12(4-7-17)2-5-14-10-13-11-18(8-9-19)16-15-13/h11-12,14,19H,2-10H2,1H3. The van der Waals surface area contributed by atoms with Gasteiger partial charge >= 0.3 is 0 Å². The fourth-order valence-electron chi connectivity index (χ4n) is 2.50. The minimum Gasteiger partial charge on any atom is -0.394 e. The van der Waals surface area contributed by atoms with Crippen molar-refractivity contribution in [3.05, 3.63) is 11.9 Å². The van der Waals surface area contributed by atoms with Gasteiger partial charge in [0.05, 0.1) is 18.8 Å². The summed E-state index contributed by atoms with van der Waals surface area (Å²) in [6, 6.07) is 0. The summed E-state index contributed by atoms with van der Waals surface area (Å²) in [7, 11) is 2.20. The molecule has 0 atom stereocenters. The van der Waals surface area contributed by atoms with Crippen molar-refractivity contribution in [1.29, 1.82) is 0 Å². The largest absolute Gasteiger partial charge is 0.394 e. The average molecular weight is 267 g/mol. The van der Waals surface area contributed by atoms with Crippen LogP contribution in [0.5, 0.6) is 0 Å². The number of nitrogens with zero attached hydrogens (tertiary/aromatic N) is 4. The number of piperidine rings is 1. The Hall–Kier alpha value is -0.980. The number of aromatic nitrogens is 3. The number of aliphatic hydroxyl groups is 1. The quantitative estimate of drug-likeness (QED) is 0.686. The van der Waals surface area contributed by atoms with Gasteiger partial charge < -0.3 is 15.3 Å². The number of hydrogen-bond acceptors (Lipinski definition) is 5. The van der Waals surface area contributed by atoms with Crippen molar-refractivity contribution in [3.8, 4) is 0 Å². The van der Waals surface area contributed by atoms with E-state index in [1.165, 1.54) is 32.4 Å². The van der Waals surface area contributed by atoms with Gasteiger partial charge in [-0.05, 0) is 51.9 Å². The molecular weight excluding hydrogens is 242 g/mol. The van der Waals surface area contributed by atoms with Crippen LogP contribution < -0.4 is 5.32 Å². The van der Waals surface area contributed by atoms with Crippen LogP contribution in [0.3, 0.4) is 0 Å². The fraction of sp³-hybridized carbons (Fsp3) is 0.846. The van der Waals surface area contributed by atoms with Crippen molar-refractivity contribution in [2.45, 2.75) is 32.4 Å². The molecule has 0 bridgehead atoms. The molecule has 2 heterocycles. The predicted molar refractivity (Wildman–Crippen MR) is 73.7 cm³/mol. The lowest BCUT2D eigenvalue weighted by Gasteiger charge is -2.28. The second kappa shape index (κ2) is 7.57. The molecule has 1 aliphatic rings. The second-order valence-corrected chi connectivity index (χ2v) is 5.41. The number of aliphatic hydroxyl groups excluding tert-OH is 1. The lowest BCUT2D eigenvalue weighted by Crippen LogP contribution is -2.31. The Balaban J connectivity index is 1.58. The average Bonchev–Trinajstić information content (AvgIpc) is 2.85. The Kier molecular flexibility index (Phi) is 5.75. The zero-order valence-electron chi connectivity index (χ0n) is 11.8. The Morgan fingerprint density at radius 2 is 2.21 bits per heavy atom. The van der Waals surface area contributed by atoms with Gasteiger partial charge in [-0.3, -0.25) is 0 Å². The van der Waals surface area contributed by atoms with Crippen LogP contribution in [0.4, 0.5) is 0 Å². The molecule has 108 valence electrons. The van der Waals surface area contributed by atoms with Gasteiger partial charge in [-0.1, -0.05) is 5.21 Å². The first-order valence-electron chi connectivity index (χ1n) is 7.17. The number of rotatable bonds is 7. The molecule has 0 aromatic carbocycles. The monoisotopic (exact) mass is 267 g/mol. The summed E-state index contributed by atoms with van der Waals surface area (Å²) in [4.78, 5) is 2.41. The van der Waals surface area contributed by atoms with Crippen LogP contribution in [0.2, 0.25) is 0 Å². The van der Waals surface area contributed by atoms with E-state index in [1.54, 1.807) is 4.68 Å². The summed E-state index contributed by atoms with van der Waals surface area (Å²) >= 11 is 0. The molecule has 0 aliphatic carbocycles. The van der Waals surface area contributed by atoms with Crippen LogP contribution in [0.25, 0.3) is 0 Å². The highest BCUT2D eigenvalue weighted by Crippen LogP contribution is 2.18. The summed E-state index contributed by atoms with van der Waals surface area (Å²) in [5, 5.41) is 20.2. The summed E-state index contributed by atoms with van der Waals surface area (Å²) < 4.78 is 1.67. The van der Waals surface area contributed by atoms with Crippen molar-refractivity contribution < 1.29 is 5.11 Å². The third kappa shape index (κ3) is 4.89. The Morgan fingerprint density at radius 3 is 2.95 bits per heavy atom. The van der Waals surface area contributed by atoms with E-state index in [2.05, 4.69) is 27.6 Å². The molecule has 2 N–H and O–H groups in total. The van der Waals surface area contributed by atoms with Crippen LogP contribution in [-0.4, -0.2) is 58.3 Å². The van der Waals surface area contributed by atoms with Crippen LogP contribution >= 0.6 is 0 Å². The van der Waals surface area contributed by atoms with Crippen LogP contribution in [-0.2, 0) is 13.1 Å². The highest BCUT2D eigenvalue weighted by atomic mass is 16.3. The third-order valence-electron chi connectivity index (χ3n) is 3.79. The highest BCUT2D eigenvalue weighted by Gasteiger charge is 2.15. The maximum Gasteiger partial charge on any atom is 0.0964 e. The smallest absolute Gasteiger partial charge is 0.0964 e. The van der Waals surface area contributed by atoms with Gasteiger partial charge in [0.25, 0.3) is 0 Å². The van der Waals surface area contributed by atoms with Crippen molar-refractivity contribution in [1.82, 2.24) is 25.2 Å².